The van der Waals surface area contributed by atoms with Crippen molar-refractivity contribution >= 4 is 32.8 Å². The predicted molar refractivity (Wildman–Crippen MR) is 96.3 cm³/mol. The van der Waals surface area contributed by atoms with Gasteiger partial charge in [-0.3, -0.25) is 5.32 Å². The monoisotopic (exact) mass is 409 g/mol. The second-order valence-electron chi connectivity index (χ2n) is 6.11. The summed E-state index contributed by atoms with van der Waals surface area (Å²) in [6.07, 6.45) is -2.63. The van der Waals surface area contributed by atoms with Gasteiger partial charge < -0.3 is 9.64 Å². The van der Waals surface area contributed by atoms with Crippen LogP contribution in [-0.2, 0) is 19.1 Å². The fourth-order valence-electron chi connectivity index (χ4n) is 3.06. The Bertz CT molecular complexity index is 1050. The van der Waals surface area contributed by atoms with Gasteiger partial charge in [0.05, 0.1) is 18.9 Å². The summed E-state index contributed by atoms with van der Waals surface area (Å²) < 4.78 is 44.8. The second-order valence-corrected chi connectivity index (χ2v) is 7.09. The van der Waals surface area contributed by atoms with E-state index in [0.29, 0.717) is 28.9 Å². The van der Waals surface area contributed by atoms with Crippen LogP contribution in [-0.4, -0.2) is 39.5 Å². The van der Waals surface area contributed by atoms with E-state index >= 15 is 0 Å². The zero-order chi connectivity index (χ0) is 19.9. The van der Waals surface area contributed by atoms with E-state index in [9.17, 15) is 18.0 Å². The lowest BCUT2D eigenvalue weighted by molar-refractivity contribution is -0.138. The van der Waals surface area contributed by atoms with Gasteiger partial charge in [0, 0.05) is 13.1 Å². The number of hydrogen-bond acceptors (Lipinski definition) is 6. The molecule has 1 aliphatic heterocycles. The number of hydrogen-bond donors (Lipinski definition) is 1. The standard InChI is InChI=1S/C17H14F3N5O2S/c1-27-14-21-7-12-13(23-14)28-15(22-12)24-16(26)25-6-5-9-3-2-4-11(10(9)8-25)17(18,19)20/h2-4,7H,5-6,8H2,1H3,(H,22,24,26). The highest BCUT2D eigenvalue weighted by Crippen LogP contribution is 2.36. The SMILES string of the molecule is COc1ncc2nc(NC(=O)N3CCc4cccc(C(F)(F)F)c4C3)sc2n1. The van der Waals surface area contributed by atoms with Crippen molar-refractivity contribution in [3.05, 3.63) is 41.1 Å². The first-order valence-electron chi connectivity index (χ1n) is 8.26. The van der Waals surface area contributed by atoms with Crippen molar-refractivity contribution in [2.75, 3.05) is 19.0 Å². The van der Waals surface area contributed by atoms with E-state index in [2.05, 4.69) is 20.3 Å². The second kappa shape index (κ2) is 6.89. The lowest BCUT2D eigenvalue weighted by Gasteiger charge is -2.30. The van der Waals surface area contributed by atoms with Crippen LogP contribution in [0.25, 0.3) is 10.3 Å². The third-order valence-corrected chi connectivity index (χ3v) is 5.27. The molecule has 0 spiro atoms. The van der Waals surface area contributed by atoms with Gasteiger partial charge in [-0.1, -0.05) is 23.5 Å². The van der Waals surface area contributed by atoms with Crippen molar-refractivity contribution in [3.63, 3.8) is 0 Å². The van der Waals surface area contributed by atoms with Gasteiger partial charge in [-0.2, -0.15) is 18.2 Å². The van der Waals surface area contributed by atoms with Crippen molar-refractivity contribution in [2.45, 2.75) is 19.1 Å². The summed E-state index contributed by atoms with van der Waals surface area (Å²) in [6, 6.07) is 3.77. The molecule has 1 N–H and O–H groups in total. The smallest absolute Gasteiger partial charge is 0.416 e. The molecule has 28 heavy (non-hydrogen) atoms. The van der Waals surface area contributed by atoms with E-state index in [1.165, 1.54) is 24.3 Å². The van der Waals surface area contributed by atoms with Crippen LogP contribution in [0.15, 0.2) is 24.4 Å². The zero-order valence-corrected chi connectivity index (χ0v) is 15.4. The summed E-state index contributed by atoms with van der Waals surface area (Å²) in [6.45, 7) is 0.202. The van der Waals surface area contributed by atoms with E-state index in [-0.39, 0.29) is 23.3 Å². The van der Waals surface area contributed by atoms with Crippen LogP contribution < -0.4 is 10.1 Å². The van der Waals surface area contributed by atoms with Crippen LogP contribution >= 0.6 is 11.3 Å². The van der Waals surface area contributed by atoms with Gasteiger partial charge in [-0.15, -0.1) is 0 Å². The Balaban J connectivity index is 1.54. The highest BCUT2D eigenvalue weighted by atomic mass is 32.1. The molecule has 0 atom stereocenters. The molecule has 1 aliphatic rings. The maximum Gasteiger partial charge on any atom is 0.416 e. The first-order valence-corrected chi connectivity index (χ1v) is 9.08. The molecule has 0 bridgehead atoms. The lowest BCUT2D eigenvalue weighted by atomic mass is 9.95. The summed E-state index contributed by atoms with van der Waals surface area (Å²) in [7, 11) is 1.44. The maximum absolute atomic E-state index is 13.3. The summed E-state index contributed by atoms with van der Waals surface area (Å²) in [5, 5.41) is 2.92. The number of aromatic nitrogens is 3. The summed E-state index contributed by atoms with van der Waals surface area (Å²) in [4.78, 5) is 26.8. The number of nitrogens with zero attached hydrogens (tertiary/aromatic N) is 4. The van der Waals surface area contributed by atoms with Crippen LogP contribution in [0.1, 0.15) is 16.7 Å². The van der Waals surface area contributed by atoms with E-state index in [1.807, 2.05) is 0 Å². The number of amides is 2. The molecular formula is C17H14F3N5O2S. The number of thiazole rings is 1. The van der Waals surface area contributed by atoms with Crippen LogP contribution in [0.3, 0.4) is 0 Å². The fourth-order valence-corrected chi connectivity index (χ4v) is 3.85. The highest BCUT2D eigenvalue weighted by molar-refractivity contribution is 7.21. The van der Waals surface area contributed by atoms with Crippen molar-refractivity contribution in [1.82, 2.24) is 19.9 Å². The molecule has 2 aromatic heterocycles. The van der Waals surface area contributed by atoms with E-state index in [4.69, 9.17) is 4.74 Å². The minimum atomic E-state index is -4.46. The average molecular weight is 409 g/mol. The average Bonchev–Trinajstić information content (AvgIpc) is 3.07. The molecule has 1 aromatic carbocycles. The molecule has 146 valence electrons. The number of nitrogens with one attached hydrogen (secondary N) is 1. The van der Waals surface area contributed by atoms with E-state index < -0.39 is 17.8 Å². The molecule has 0 radical (unpaired) electrons. The van der Waals surface area contributed by atoms with Gasteiger partial charge in [0.2, 0.25) is 0 Å². The van der Waals surface area contributed by atoms with E-state index in [1.54, 1.807) is 6.07 Å². The molecule has 0 unspecified atom stereocenters. The molecule has 7 nitrogen and oxygen atoms in total. The first-order chi connectivity index (χ1) is 13.3. The van der Waals surface area contributed by atoms with Crippen LogP contribution in [0, 0.1) is 0 Å². The molecular weight excluding hydrogens is 395 g/mol. The quantitative estimate of drug-likeness (QED) is 0.698. The Kier molecular flexibility index (Phi) is 4.53. The van der Waals surface area contributed by atoms with Gasteiger partial charge in [-0.05, 0) is 23.6 Å². The number of urea groups is 1. The van der Waals surface area contributed by atoms with Crippen LogP contribution in [0.2, 0.25) is 0 Å². The molecule has 0 aliphatic carbocycles. The Morgan fingerprint density at radius 3 is 2.89 bits per heavy atom. The summed E-state index contributed by atoms with van der Waals surface area (Å²) in [5.74, 6) is 0. The Labute approximate surface area is 161 Å². The minimum absolute atomic E-state index is 0.116. The van der Waals surface area contributed by atoms with Crippen LogP contribution in [0.4, 0.5) is 23.1 Å². The van der Waals surface area contributed by atoms with Gasteiger partial charge in [0.15, 0.2) is 9.96 Å². The van der Waals surface area contributed by atoms with Gasteiger partial charge >= 0.3 is 18.2 Å². The Morgan fingerprint density at radius 2 is 2.14 bits per heavy atom. The number of halogens is 3. The number of fused-ring (bicyclic) bond motifs is 2. The number of alkyl halides is 3. The Hall–Kier alpha value is -2.95. The fraction of sp³-hybridized carbons (Fsp3) is 0.294. The highest BCUT2D eigenvalue weighted by Gasteiger charge is 2.36. The molecule has 4 rings (SSSR count). The third kappa shape index (κ3) is 3.44. The topological polar surface area (TPSA) is 80.2 Å². The molecule has 2 amide bonds. The number of anilines is 1. The maximum atomic E-state index is 13.3. The lowest BCUT2D eigenvalue weighted by Crippen LogP contribution is -2.39. The summed E-state index contributed by atoms with van der Waals surface area (Å²) >= 11 is 1.13. The zero-order valence-electron chi connectivity index (χ0n) is 14.6. The van der Waals surface area contributed by atoms with Crippen molar-refractivity contribution in [3.8, 4) is 6.01 Å². The number of carbonyl (C=O) groups excluding carboxylic acids is 1. The predicted octanol–water partition coefficient (Wildman–Crippen LogP) is 3.70. The molecule has 11 heteroatoms. The molecule has 0 fully saturated rings. The molecule has 0 saturated heterocycles. The minimum Gasteiger partial charge on any atom is -0.467 e. The van der Waals surface area contributed by atoms with Gasteiger partial charge in [0.1, 0.15) is 5.52 Å². The number of methoxy groups -OCH3 is 1. The number of carbonyl (C=O) groups is 1. The summed E-state index contributed by atoms with van der Waals surface area (Å²) in [5.41, 5.74) is 0.534. The third-order valence-electron chi connectivity index (χ3n) is 4.39. The Morgan fingerprint density at radius 1 is 1.32 bits per heavy atom. The normalized spacial score (nSPS) is 14.1. The van der Waals surface area contributed by atoms with Gasteiger partial charge in [-0.25, -0.2) is 14.8 Å². The first kappa shape index (κ1) is 18.4. The number of benzene rings is 1. The van der Waals surface area contributed by atoms with Crippen molar-refractivity contribution in [2.24, 2.45) is 0 Å². The molecule has 0 saturated carbocycles. The van der Waals surface area contributed by atoms with Crippen molar-refractivity contribution in [1.29, 1.82) is 0 Å². The van der Waals surface area contributed by atoms with Crippen molar-refractivity contribution < 1.29 is 22.7 Å². The molecule has 3 heterocycles. The largest absolute Gasteiger partial charge is 0.467 e. The van der Waals surface area contributed by atoms with E-state index in [0.717, 1.165) is 17.4 Å². The van der Waals surface area contributed by atoms with Crippen LogP contribution in [0.5, 0.6) is 6.01 Å². The number of rotatable bonds is 2. The number of ether oxygens (including phenoxy) is 1. The molecule has 3 aromatic rings. The van der Waals surface area contributed by atoms with Gasteiger partial charge in [0.25, 0.3) is 0 Å².